The van der Waals surface area contributed by atoms with Crippen LogP contribution in [0.5, 0.6) is 0 Å². The van der Waals surface area contributed by atoms with Crippen molar-refractivity contribution in [2.24, 2.45) is 5.92 Å². The molecule has 0 bridgehead atoms. The van der Waals surface area contributed by atoms with Crippen LogP contribution in [-0.2, 0) is 0 Å². The average Bonchev–Trinajstić information content (AvgIpc) is 2.21. The van der Waals surface area contributed by atoms with Crippen molar-refractivity contribution >= 4 is 44.3 Å². The molecule has 0 saturated carbocycles. The van der Waals surface area contributed by atoms with Gasteiger partial charge < -0.3 is 0 Å². The summed E-state index contributed by atoms with van der Waals surface area (Å²) >= 11 is 5.66. The van der Waals surface area contributed by atoms with Gasteiger partial charge in [-0.25, -0.2) is 0 Å². The summed E-state index contributed by atoms with van der Waals surface area (Å²) in [6.45, 7) is 4.37. The molecule has 1 aromatic carbocycles. The van der Waals surface area contributed by atoms with Crippen molar-refractivity contribution in [3.8, 4) is 0 Å². The number of carbonyl (C=O) groups excluding carboxylic acids is 1. The van der Waals surface area contributed by atoms with E-state index in [1.54, 1.807) is 0 Å². The first kappa shape index (κ1) is 14.2. The van der Waals surface area contributed by atoms with Crippen molar-refractivity contribution in [1.82, 2.24) is 0 Å². The molecule has 3 heteroatoms. The molecule has 0 spiro atoms. The molecular formula is C13H16BrIO. The minimum atomic E-state index is 0.242. The molecule has 1 aromatic rings. The third-order valence-electron chi connectivity index (χ3n) is 2.41. The van der Waals surface area contributed by atoms with Gasteiger partial charge in [-0.15, -0.1) is 0 Å². The Morgan fingerprint density at radius 1 is 1.44 bits per heavy atom. The minimum Gasteiger partial charge on any atom is -0.294 e. The Hall–Kier alpha value is 0.1000. The van der Waals surface area contributed by atoms with E-state index in [9.17, 15) is 4.79 Å². The summed E-state index contributed by atoms with van der Waals surface area (Å²) in [5.74, 6) is 0.915. The van der Waals surface area contributed by atoms with Gasteiger partial charge in [-0.3, -0.25) is 4.79 Å². The van der Waals surface area contributed by atoms with Crippen molar-refractivity contribution in [3.63, 3.8) is 0 Å². The molecule has 0 aliphatic carbocycles. The quantitative estimate of drug-likeness (QED) is 0.503. The van der Waals surface area contributed by atoms with E-state index in [4.69, 9.17) is 0 Å². The second-order valence-electron chi connectivity index (χ2n) is 4.33. The van der Waals surface area contributed by atoms with Crippen LogP contribution in [-0.4, -0.2) is 5.78 Å². The maximum Gasteiger partial charge on any atom is 0.164 e. The summed E-state index contributed by atoms with van der Waals surface area (Å²) in [5.41, 5.74) is 0.815. The van der Waals surface area contributed by atoms with Gasteiger partial charge in [-0.05, 0) is 53.1 Å². The second-order valence-corrected chi connectivity index (χ2v) is 6.43. The van der Waals surface area contributed by atoms with E-state index in [0.29, 0.717) is 12.3 Å². The first-order valence-electron chi connectivity index (χ1n) is 5.49. The van der Waals surface area contributed by atoms with Crippen LogP contribution in [0.15, 0.2) is 22.7 Å². The van der Waals surface area contributed by atoms with E-state index in [2.05, 4.69) is 52.4 Å². The standard InChI is InChI=1S/C13H16BrIO/c1-9(2)4-3-5-13(16)11-8-10(15)6-7-12(11)14/h6-9H,3-5H2,1-2H3. The summed E-state index contributed by atoms with van der Waals surface area (Å²) in [4.78, 5) is 12.0. The molecule has 0 aliphatic rings. The predicted molar refractivity (Wildman–Crippen MR) is 79.9 cm³/mol. The summed E-state index contributed by atoms with van der Waals surface area (Å²) in [6.07, 6.45) is 2.75. The number of rotatable bonds is 5. The van der Waals surface area contributed by atoms with E-state index in [1.807, 2.05) is 18.2 Å². The monoisotopic (exact) mass is 394 g/mol. The van der Waals surface area contributed by atoms with Crippen LogP contribution < -0.4 is 0 Å². The molecule has 0 aliphatic heterocycles. The highest BCUT2D eigenvalue weighted by Crippen LogP contribution is 2.22. The van der Waals surface area contributed by atoms with E-state index in [1.165, 1.54) is 0 Å². The number of ketones is 1. The van der Waals surface area contributed by atoms with Gasteiger partial charge in [0.1, 0.15) is 0 Å². The van der Waals surface area contributed by atoms with E-state index in [0.717, 1.165) is 26.4 Å². The van der Waals surface area contributed by atoms with Gasteiger partial charge in [0, 0.05) is 20.0 Å². The summed E-state index contributed by atoms with van der Waals surface area (Å²) in [6, 6.07) is 5.88. The van der Waals surface area contributed by atoms with Crippen LogP contribution in [0.4, 0.5) is 0 Å². The van der Waals surface area contributed by atoms with Gasteiger partial charge in [0.15, 0.2) is 5.78 Å². The molecule has 0 aromatic heterocycles. The first-order chi connectivity index (χ1) is 7.50. The average molecular weight is 395 g/mol. The molecule has 1 rings (SSSR count). The van der Waals surface area contributed by atoms with Crippen molar-refractivity contribution in [3.05, 3.63) is 31.8 Å². The van der Waals surface area contributed by atoms with Gasteiger partial charge in [0.05, 0.1) is 0 Å². The van der Waals surface area contributed by atoms with Crippen molar-refractivity contribution in [2.45, 2.75) is 33.1 Å². The molecule has 1 nitrogen and oxygen atoms in total. The van der Waals surface area contributed by atoms with Gasteiger partial charge in [0.25, 0.3) is 0 Å². The number of halogens is 2. The predicted octanol–water partition coefficient (Wildman–Crippen LogP) is 5.06. The molecule has 0 fully saturated rings. The Bertz CT molecular complexity index is 374. The Labute approximate surface area is 119 Å². The molecule has 0 heterocycles. The smallest absolute Gasteiger partial charge is 0.164 e. The van der Waals surface area contributed by atoms with Crippen molar-refractivity contribution in [2.75, 3.05) is 0 Å². The Balaban J connectivity index is 2.62. The SMILES string of the molecule is CC(C)CCCC(=O)c1cc(I)ccc1Br. The third-order valence-corrected chi connectivity index (χ3v) is 3.78. The Morgan fingerprint density at radius 2 is 2.12 bits per heavy atom. The lowest BCUT2D eigenvalue weighted by atomic mass is 10.0. The van der Waals surface area contributed by atoms with Crippen molar-refractivity contribution < 1.29 is 4.79 Å². The van der Waals surface area contributed by atoms with Crippen LogP contribution in [0.25, 0.3) is 0 Å². The number of Topliss-reactive ketones (excluding diaryl/α,β-unsaturated/α-hetero) is 1. The number of carbonyl (C=O) groups is 1. The van der Waals surface area contributed by atoms with E-state index in [-0.39, 0.29) is 5.78 Å². The third kappa shape index (κ3) is 4.53. The topological polar surface area (TPSA) is 17.1 Å². The molecule has 0 saturated heterocycles. The van der Waals surface area contributed by atoms with Crippen LogP contribution >= 0.6 is 38.5 Å². The summed E-state index contributed by atoms with van der Waals surface area (Å²) in [7, 11) is 0. The highest BCUT2D eigenvalue weighted by Gasteiger charge is 2.10. The molecular weight excluding hydrogens is 379 g/mol. The minimum absolute atomic E-state index is 0.242. The molecule has 0 radical (unpaired) electrons. The molecule has 88 valence electrons. The molecule has 0 unspecified atom stereocenters. The molecule has 0 N–H and O–H groups in total. The molecule has 0 amide bonds. The van der Waals surface area contributed by atoms with Gasteiger partial charge in [0.2, 0.25) is 0 Å². The lowest BCUT2D eigenvalue weighted by molar-refractivity contribution is 0.0977. The molecule has 0 atom stereocenters. The van der Waals surface area contributed by atoms with Crippen LogP contribution in [0, 0.1) is 9.49 Å². The largest absolute Gasteiger partial charge is 0.294 e. The van der Waals surface area contributed by atoms with Crippen LogP contribution in [0.2, 0.25) is 0 Å². The summed E-state index contributed by atoms with van der Waals surface area (Å²) in [5, 5.41) is 0. The van der Waals surface area contributed by atoms with Crippen LogP contribution in [0.1, 0.15) is 43.5 Å². The zero-order valence-corrected chi connectivity index (χ0v) is 13.3. The summed E-state index contributed by atoms with van der Waals surface area (Å²) < 4.78 is 2.01. The van der Waals surface area contributed by atoms with E-state index >= 15 is 0 Å². The fourth-order valence-electron chi connectivity index (χ4n) is 1.52. The normalized spacial score (nSPS) is 10.8. The van der Waals surface area contributed by atoms with Gasteiger partial charge in [-0.1, -0.05) is 36.2 Å². The zero-order valence-electron chi connectivity index (χ0n) is 9.59. The lowest BCUT2D eigenvalue weighted by Gasteiger charge is -2.06. The molecule has 16 heavy (non-hydrogen) atoms. The maximum absolute atomic E-state index is 12.0. The zero-order chi connectivity index (χ0) is 12.1. The number of benzene rings is 1. The Kier molecular flexibility index (Phi) is 5.97. The first-order valence-corrected chi connectivity index (χ1v) is 7.36. The fraction of sp³-hybridized carbons (Fsp3) is 0.462. The highest BCUT2D eigenvalue weighted by atomic mass is 127. The highest BCUT2D eigenvalue weighted by molar-refractivity contribution is 14.1. The second kappa shape index (κ2) is 6.74. The maximum atomic E-state index is 12.0. The van der Waals surface area contributed by atoms with Crippen LogP contribution in [0.3, 0.4) is 0 Å². The lowest BCUT2D eigenvalue weighted by Crippen LogP contribution is -2.01. The van der Waals surface area contributed by atoms with E-state index < -0.39 is 0 Å². The van der Waals surface area contributed by atoms with Gasteiger partial charge >= 0.3 is 0 Å². The number of hydrogen-bond donors (Lipinski definition) is 0. The number of hydrogen-bond acceptors (Lipinski definition) is 1. The fourth-order valence-corrected chi connectivity index (χ4v) is 2.48. The van der Waals surface area contributed by atoms with Crippen molar-refractivity contribution in [1.29, 1.82) is 0 Å². The van der Waals surface area contributed by atoms with Gasteiger partial charge in [-0.2, -0.15) is 0 Å². The Morgan fingerprint density at radius 3 is 2.75 bits per heavy atom.